The number of nitrogens with zero attached hydrogens (tertiary/aromatic N) is 1. The van der Waals surface area contributed by atoms with Gasteiger partial charge in [0.05, 0.1) is 12.6 Å². The van der Waals surface area contributed by atoms with Crippen LogP contribution in [0.2, 0.25) is 0 Å². The Balaban J connectivity index is 0.00000289. The van der Waals surface area contributed by atoms with Crippen molar-refractivity contribution >= 4 is 0 Å². The first-order valence-corrected chi connectivity index (χ1v) is 12.3. The predicted molar refractivity (Wildman–Crippen MR) is 137 cm³/mol. The van der Waals surface area contributed by atoms with E-state index in [0.29, 0.717) is 6.04 Å². The van der Waals surface area contributed by atoms with Crippen LogP contribution in [0.25, 0.3) is 0 Å². The summed E-state index contributed by atoms with van der Waals surface area (Å²) >= 11 is 0. The van der Waals surface area contributed by atoms with Crippen molar-refractivity contribution in [1.82, 2.24) is 0 Å². The van der Waals surface area contributed by atoms with Crippen LogP contribution >= 0.6 is 0 Å². The van der Waals surface area contributed by atoms with E-state index in [1.165, 1.54) is 22.3 Å². The van der Waals surface area contributed by atoms with Crippen molar-refractivity contribution in [3.05, 3.63) is 143 Å². The van der Waals surface area contributed by atoms with E-state index in [9.17, 15) is 5.26 Å². The van der Waals surface area contributed by atoms with Gasteiger partial charge >= 0.3 is 0 Å². The highest BCUT2D eigenvalue weighted by Crippen LogP contribution is 2.36. The maximum Gasteiger partial charge on any atom is 0.138 e. The van der Waals surface area contributed by atoms with Crippen LogP contribution in [0.1, 0.15) is 52.3 Å². The smallest absolute Gasteiger partial charge is 0.138 e. The third kappa shape index (κ3) is 5.03. The molecule has 176 valence electrons. The number of halogens is 1. The first-order chi connectivity index (χ1) is 16.8. The summed E-state index contributed by atoms with van der Waals surface area (Å²) < 4.78 is 0. The minimum absolute atomic E-state index is 0. The number of benzene rings is 4. The molecule has 0 heterocycles. The SMILES string of the molecule is N#CC(CCC[NH2+]C1c2ccccc2CCc2ccccc21)(c1ccccc1)c1ccccc1.[Cl-]. The van der Waals surface area contributed by atoms with Gasteiger partial charge in [-0.15, -0.1) is 0 Å². The Morgan fingerprint density at radius 1 is 0.686 bits per heavy atom. The van der Waals surface area contributed by atoms with Crippen molar-refractivity contribution in [2.24, 2.45) is 0 Å². The van der Waals surface area contributed by atoms with E-state index in [1.807, 2.05) is 36.4 Å². The molecule has 4 aromatic carbocycles. The number of nitrogens with two attached hydrogens (primary N) is 1. The lowest BCUT2D eigenvalue weighted by Gasteiger charge is -2.28. The molecule has 0 aromatic heterocycles. The molecule has 35 heavy (non-hydrogen) atoms. The van der Waals surface area contributed by atoms with Crippen molar-refractivity contribution in [1.29, 1.82) is 5.26 Å². The van der Waals surface area contributed by atoms with Crippen LogP contribution in [0.3, 0.4) is 0 Å². The molecule has 0 unspecified atom stereocenters. The van der Waals surface area contributed by atoms with Crippen molar-refractivity contribution in [2.75, 3.05) is 6.54 Å². The summed E-state index contributed by atoms with van der Waals surface area (Å²) in [6.45, 7) is 0.969. The highest BCUT2D eigenvalue weighted by atomic mass is 35.5. The molecule has 0 radical (unpaired) electrons. The standard InChI is InChI=1S/C32H30N2.ClH/c33-24-32(27-14-3-1-4-15-27,28-16-5-2-6-17-28)22-11-23-34-31-29-18-9-7-12-25(29)20-21-26-13-8-10-19-30(26)31;/h1-10,12-19,31,34H,11,20-23H2;1H. The Kier molecular flexibility index (Phi) is 8.03. The number of hydrogen-bond acceptors (Lipinski definition) is 1. The number of quaternary nitrogens is 1. The summed E-state index contributed by atoms with van der Waals surface area (Å²) in [6, 6.07) is 41.4. The number of fused-ring (bicyclic) bond motifs is 2. The first kappa shape index (κ1) is 24.7. The summed E-state index contributed by atoms with van der Waals surface area (Å²) in [6.07, 6.45) is 3.94. The minimum atomic E-state index is -0.629. The number of aryl methyl sites for hydroxylation is 2. The van der Waals surface area contributed by atoms with Gasteiger partial charge in [-0.2, -0.15) is 5.26 Å². The van der Waals surface area contributed by atoms with Crippen molar-refractivity contribution in [3.63, 3.8) is 0 Å². The minimum Gasteiger partial charge on any atom is -1.00 e. The molecule has 0 saturated carbocycles. The Morgan fingerprint density at radius 3 is 1.63 bits per heavy atom. The van der Waals surface area contributed by atoms with Crippen molar-refractivity contribution in [2.45, 2.75) is 37.1 Å². The van der Waals surface area contributed by atoms with Crippen molar-refractivity contribution < 1.29 is 17.7 Å². The number of rotatable bonds is 7. The normalized spacial score (nSPS) is 13.0. The van der Waals surface area contributed by atoms with Crippen LogP contribution in [-0.4, -0.2) is 6.54 Å². The Labute approximate surface area is 215 Å². The van der Waals surface area contributed by atoms with Gasteiger partial charge < -0.3 is 17.7 Å². The average Bonchev–Trinajstić information content (AvgIpc) is 3.07. The second-order valence-corrected chi connectivity index (χ2v) is 9.25. The molecule has 0 atom stereocenters. The van der Waals surface area contributed by atoms with Crippen LogP contribution in [0.4, 0.5) is 0 Å². The zero-order valence-corrected chi connectivity index (χ0v) is 20.7. The van der Waals surface area contributed by atoms with E-state index in [4.69, 9.17) is 0 Å². The second-order valence-electron chi connectivity index (χ2n) is 9.25. The number of hydrogen-bond donors (Lipinski definition) is 1. The largest absolute Gasteiger partial charge is 1.00 e. The third-order valence-corrected chi connectivity index (χ3v) is 7.33. The van der Waals surface area contributed by atoms with Gasteiger partial charge in [-0.05, 0) is 47.9 Å². The summed E-state index contributed by atoms with van der Waals surface area (Å²) in [5, 5.41) is 13.0. The molecule has 1 aliphatic carbocycles. The monoisotopic (exact) mass is 478 g/mol. The molecule has 0 bridgehead atoms. The van der Waals surface area contributed by atoms with Gasteiger partial charge in [-0.1, -0.05) is 109 Å². The van der Waals surface area contributed by atoms with Gasteiger partial charge in [-0.25, -0.2) is 0 Å². The van der Waals surface area contributed by atoms with Gasteiger partial charge in [0.25, 0.3) is 0 Å². The predicted octanol–water partition coefficient (Wildman–Crippen LogP) is 2.73. The van der Waals surface area contributed by atoms with Crippen LogP contribution in [0.15, 0.2) is 109 Å². The molecule has 0 fully saturated rings. The highest BCUT2D eigenvalue weighted by Gasteiger charge is 2.34. The fraction of sp³-hybridized carbons (Fsp3) is 0.219. The summed E-state index contributed by atoms with van der Waals surface area (Å²) in [7, 11) is 0. The molecule has 4 aromatic rings. The Morgan fingerprint density at radius 2 is 1.14 bits per heavy atom. The molecular formula is C32H31ClN2. The molecule has 2 N–H and O–H groups in total. The van der Waals surface area contributed by atoms with Crippen LogP contribution in [0.5, 0.6) is 0 Å². The van der Waals surface area contributed by atoms with Gasteiger partial charge in [-0.3, -0.25) is 0 Å². The molecule has 0 amide bonds. The van der Waals surface area contributed by atoms with Crippen molar-refractivity contribution in [3.8, 4) is 6.07 Å². The fourth-order valence-electron chi connectivity index (χ4n) is 5.56. The van der Waals surface area contributed by atoms with Gasteiger partial charge in [0.15, 0.2) is 0 Å². The van der Waals surface area contributed by atoms with E-state index >= 15 is 0 Å². The van der Waals surface area contributed by atoms with E-state index in [2.05, 4.69) is 84.2 Å². The lowest BCUT2D eigenvalue weighted by molar-refractivity contribution is -0.687. The zero-order valence-electron chi connectivity index (χ0n) is 19.9. The summed E-state index contributed by atoms with van der Waals surface area (Å²) in [5.41, 5.74) is 7.31. The molecule has 0 saturated heterocycles. The van der Waals surface area contributed by atoms with Crippen LogP contribution < -0.4 is 17.7 Å². The van der Waals surface area contributed by atoms with E-state index in [1.54, 1.807) is 0 Å². The van der Waals surface area contributed by atoms with Crippen LogP contribution in [0, 0.1) is 11.3 Å². The van der Waals surface area contributed by atoms with E-state index in [0.717, 1.165) is 43.4 Å². The molecule has 0 aliphatic heterocycles. The lowest BCUT2D eigenvalue weighted by Crippen LogP contribution is -3.00. The molecular weight excluding hydrogens is 448 g/mol. The highest BCUT2D eigenvalue weighted by molar-refractivity contribution is 5.46. The zero-order chi connectivity index (χ0) is 23.2. The topological polar surface area (TPSA) is 40.4 Å². The first-order valence-electron chi connectivity index (χ1n) is 12.3. The summed E-state index contributed by atoms with van der Waals surface area (Å²) in [4.78, 5) is 0. The quantitative estimate of drug-likeness (QED) is 0.408. The van der Waals surface area contributed by atoms with Crippen LogP contribution in [-0.2, 0) is 18.3 Å². The maximum atomic E-state index is 10.5. The molecule has 3 heteroatoms. The second kappa shape index (κ2) is 11.4. The molecule has 0 spiro atoms. The van der Waals surface area contributed by atoms with Gasteiger partial charge in [0.2, 0.25) is 0 Å². The number of nitriles is 1. The molecule has 2 nitrogen and oxygen atoms in total. The molecule has 1 aliphatic rings. The average molecular weight is 479 g/mol. The Bertz CT molecular complexity index is 1190. The lowest BCUT2D eigenvalue weighted by atomic mass is 9.72. The summed E-state index contributed by atoms with van der Waals surface area (Å²) in [5.74, 6) is 0. The Hall–Kier alpha value is -3.38. The van der Waals surface area contributed by atoms with E-state index in [-0.39, 0.29) is 12.4 Å². The van der Waals surface area contributed by atoms with Gasteiger partial charge in [0.1, 0.15) is 11.5 Å². The van der Waals surface area contributed by atoms with E-state index < -0.39 is 5.41 Å². The fourth-order valence-corrected chi connectivity index (χ4v) is 5.56. The maximum absolute atomic E-state index is 10.5. The van der Waals surface area contributed by atoms with Gasteiger partial charge in [0, 0.05) is 11.1 Å². The molecule has 5 rings (SSSR count). The third-order valence-electron chi connectivity index (χ3n) is 7.33.